The molecule has 3 heterocycles. The van der Waals surface area contributed by atoms with Crippen molar-refractivity contribution in [2.24, 2.45) is 30.4 Å². The summed E-state index contributed by atoms with van der Waals surface area (Å²) in [7, 11) is -8.65. The van der Waals surface area contributed by atoms with Crippen LogP contribution in [-0.2, 0) is 28.5 Å². The zero-order valence-corrected chi connectivity index (χ0v) is 17.4. The number of aliphatic imine (C=N–C) groups is 3. The summed E-state index contributed by atoms with van der Waals surface area (Å²) in [6.07, 6.45) is 2.13. The Balaban J connectivity index is 2.50. The number of aliphatic hydroxyl groups excluding tert-OH is 3. The molecule has 0 aliphatic carbocycles. The van der Waals surface area contributed by atoms with Crippen LogP contribution in [0, 0.1) is 0 Å². The lowest BCUT2D eigenvalue weighted by molar-refractivity contribution is -0.0295. The monoisotopic (exact) mass is 495 g/mol. The number of hydroxylamine groups is 3. The minimum absolute atomic E-state index is 0.203. The largest absolute Gasteiger partial charge is 0.812 e. The van der Waals surface area contributed by atoms with Gasteiger partial charge in [0.25, 0.3) is 0 Å². The van der Waals surface area contributed by atoms with Gasteiger partial charge in [-0.25, -0.2) is 0 Å². The number of oxime groups is 3. The zero-order chi connectivity index (χ0) is 24.7. The van der Waals surface area contributed by atoms with Crippen LogP contribution in [0.1, 0.15) is 0 Å². The van der Waals surface area contributed by atoms with Gasteiger partial charge in [-0.15, -0.1) is 15.5 Å². The number of hydrogen-bond acceptors (Lipinski definition) is 15. The highest BCUT2D eigenvalue weighted by atomic mass is 19.1. The Bertz CT molecular complexity index is 732. The number of nitrogens with one attached hydrogen (secondary N) is 3. The fourth-order valence-electron chi connectivity index (χ4n) is 1.79. The van der Waals surface area contributed by atoms with Gasteiger partial charge < -0.3 is 52.5 Å². The maximum Gasteiger partial charge on any atom is 0.812 e. The molecule has 190 valence electrons. The zero-order valence-electron chi connectivity index (χ0n) is 17.4. The number of rotatable bonds is 6. The average Bonchev–Trinajstić information content (AvgIpc) is 2.82. The van der Waals surface area contributed by atoms with Crippen molar-refractivity contribution < 1.29 is 52.5 Å². The second-order valence-electron chi connectivity index (χ2n) is 5.76. The number of halogens is 2. The van der Waals surface area contributed by atoms with Crippen LogP contribution in [-0.4, -0.2) is 105 Å². The topological polar surface area (TPSA) is 226 Å². The third kappa shape index (κ3) is 9.60. The molecule has 18 nitrogen and oxygen atoms in total. The Hall–Kier alpha value is -3.43. The van der Waals surface area contributed by atoms with Gasteiger partial charge in [0.1, 0.15) is 18.6 Å². The van der Waals surface area contributed by atoms with Crippen LogP contribution < -0.4 is 16.4 Å². The second kappa shape index (κ2) is 14.0. The molecule has 3 aliphatic rings. The molecule has 3 aliphatic heterocycles. The van der Waals surface area contributed by atoms with Crippen molar-refractivity contribution in [2.75, 3.05) is 39.5 Å². The quantitative estimate of drug-likeness (QED) is 0.198. The summed E-state index contributed by atoms with van der Waals surface area (Å²) in [4.78, 5) is 11.2. The molecule has 3 rings (SSSR count). The van der Waals surface area contributed by atoms with Gasteiger partial charge in [-0.3, -0.25) is 31.4 Å². The normalized spacial score (nSPS) is 31.3. The second-order valence-corrected chi connectivity index (χ2v) is 5.76. The van der Waals surface area contributed by atoms with E-state index < -0.39 is 51.4 Å². The molecule has 0 radical (unpaired) electrons. The Morgan fingerprint density at radius 1 is 0.647 bits per heavy atom. The van der Waals surface area contributed by atoms with Crippen LogP contribution in [0.4, 0.5) is 8.63 Å². The lowest BCUT2D eigenvalue weighted by Gasteiger charge is -2.33. The van der Waals surface area contributed by atoms with E-state index in [0.717, 1.165) is 0 Å². The fraction of sp³-hybridized carbons (Fsp3) is 0.500. The Labute approximate surface area is 190 Å². The molecule has 0 spiro atoms. The van der Waals surface area contributed by atoms with Crippen molar-refractivity contribution in [3.05, 3.63) is 0 Å². The molecule has 22 heteroatoms. The number of fused-ring (bicyclic) bond motifs is 12. The summed E-state index contributed by atoms with van der Waals surface area (Å²) in [5, 5.41) is 36.6. The molecular weight excluding hydrogens is 474 g/mol. The van der Waals surface area contributed by atoms with Crippen LogP contribution in [0.15, 0.2) is 30.4 Å². The highest BCUT2D eigenvalue weighted by Crippen LogP contribution is 2.13. The first-order valence-electron chi connectivity index (χ1n) is 9.47. The molecule has 0 saturated heterocycles. The predicted molar refractivity (Wildman–Crippen MR) is 113 cm³/mol. The van der Waals surface area contributed by atoms with E-state index in [9.17, 15) is 4.32 Å². The maximum absolute atomic E-state index is 15.3. The van der Waals surface area contributed by atoms with Crippen LogP contribution in [0.2, 0.25) is 0 Å². The van der Waals surface area contributed by atoms with Crippen molar-refractivity contribution in [3.63, 3.8) is 0 Å². The molecule has 0 aromatic carbocycles. The first kappa shape index (κ1) is 26.8. The van der Waals surface area contributed by atoms with Crippen molar-refractivity contribution in [1.82, 2.24) is 16.4 Å². The minimum atomic E-state index is -4.33. The lowest BCUT2D eigenvalue weighted by Crippen LogP contribution is -2.55. The fourth-order valence-corrected chi connectivity index (χ4v) is 1.79. The van der Waals surface area contributed by atoms with E-state index in [4.69, 9.17) is 29.6 Å². The van der Waals surface area contributed by atoms with E-state index in [1.165, 1.54) is 0 Å². The van der Waals surface area contributed by atoms with Crippen LogP contribution in [0.25, 0.3) is 0 Å². The summed E-state index contributed by atoms with van der Waals surface area (Å²) in [6, 6.07) is 0. The lowest BCUT2D eigenvalue weighted by atomic mass is 10.2. The molecule has 34 heavy (non-hydrogen) atoms. The van der Waals surface area contributed by atoms with Crippen LogP contribution in [0.5, 0.6) is 0 Å². The molecule has 6 N–H and O–H groups in total. The standard InChI is InChI=1S/C12H21B2F2N9O9/c15-13-29-20-7-10(17-1-4-26)23-32-14(16,33-24-11(8-21-30-13)18-2-5-27)34-25-12(9-22-31-13)19-3-6-28/h7-9,26-28H,1-6H2,(H,17,23)(H,18,24)(H,19,25)/q-2/b20-7-,21-8-,22-9?. The third-order valence-electron chi connectivity index (χ3n) is 3.14. The SMILES string of the molecule is OCCN=C1C=NO[B-]2(F)O/N=C\C(=NCCO)NO[B-](F)(ON1)ONC(=NCCO)/C=N\O2. The Morgan fingerprint density at radius 3 is 1.26 bits per heavy atom. The molecule has 0 atom stereocenters. The molecule has 0 aromatic rings. The number of amidine groups is 3. The molecule has 0 fully saturated rings. The van der Waals surface area contributed by atoms with Gasteiger partial charge in [0, 0.05) is 0 Å². The Morgan fingerprint density at radius 2 is 0.971 bits per heavy atom. The van der Waals surface area contributed by atoms with Gasteiger partial charge in [0.05, 0.1) is 39.5 Å². The minimum Gasteiger partial charge on any atom is -0.510 e. The molecule has 0 aromatic heterocycles. The van der Waals surface area contributed by atoms with Gasteiger partial charge in [-0.1, -0.05) is 0 Å². The van der Waals surface area contributed by atoms with E-state index in [1.54, 1.807) is 0 Å². The van der Waals surface area contributed by atoms with E-state index >= 15 is 4.32 Å². The predicted octanol–water partition coefficient (Wildman–Crippen LogP) is -3.43. The van der Waals surface area contributed by atoms with Crippen molar-refractivity contribution in [2.45, 2.75) is 0 Å². The van der Waals surface area contributed by atoms with Crippen molar-refractivity contribution in [1.29, 1.82) is 0 Å². The first-order chi connectivity index (χ1) is 16.4. The summed E-state index contributed by atoms with van der Waals surface area (Å²) in [6.45, 7) is -1.85. The maximum atomic E-state index is 15.3. The number of nitrogens with zero attached hydrogens (tertiary/aromatic N) is 6. The molecule has 0 amide bonds. The molecule has 0 saturated carbocycles. The van der Waals surface area contributed by atoms with Gasteiger partial charge in [-0.2, -0.15) is 0 Å². The highest BCUT2D eigenvalue weighted by molar-refractivity contribution is 6.54. The average molecular weight is 495 g/mol. The van der Waals surface area contributed by atoms with Crippen LogP contribution >= 0.6 is 0 Å². The summed E-state index contributed by atoms with van der Waals surface area (Å²) >= 11 is 0. The van der Waals surface area contributed by atoms with Crippen LogP contribution in [0.3, 0.4) is 0 Å². The Kier molecular flexibility index (Phi) is 11.0. The summed E-state index contributed by atoms with van der Waals surface area (Å²) in [5.74, 6) is -1.19. The van der Waals surface area contributed by atoms with Gasteiger partial charge in [0.15, 0.2) is 17.5 Å². The molecular formula is C12H21B2F2N9O9-2. The summed E-state index contributed by atoms with van der Waals surface area (Å²) in [5.41, 5.74) is 5.99. The van der Waals surface area contributed by atoms with E-state index in [0.29, 0.717) is 18.6 Å². The number of hydrogen-bond donors (Lipinski definition) is 6. The van der Waals surface area contributed by atoms with E-state index in [-0.39, 0.29) is 19.6 Å². The first-order valence-corrected chi connectivity index (χ1v) is 9.47. The van der Waals surface area contributed by atoms with E-state index in [1.807, 2.05) is 16.4 Å². The van der Waals surface area contributed by atoms with Gasteiger partial charge in [0.2, 0.25) is 0 Å². The smallest absolute Gasteiger partial charge is 0.510 e. The highest BCUT2D eigenvalue weighted by Gasteiger charge is 2.41. The summed E-state index contributed by atoms with van der Waals surface area (Å²) < 4.78 is 58.3. The van der Waals surface area contributed by atoms with Crippen molar-refractivity contribution in [3.8, 4) is 0 Å². The third-order valence-corrected chi connectivity index (χ3v) is 3.14. The molecule has 0 unspecified atom stereocenters. The van der Waals surface area contributed by atoms with Gasteiger partial charge in [-0.05, 0) is 0 Å². The number of aliphatic hydroxyl groups is 3. The molecule has 2 bridgehead atoms. The van der Waals surface area contributed by atoms with Gasteiger partial charge >= 0.3 is 14.1 Å². The van der Waals surface area contributed by atoms with E-state index in [2.05, 4.69) is 44.7 Å². The van der Waals surface area contributed by atoms with Crippen molar-refractivity contribution >= 4 is 50.2 Å².